The second kappa shape index (κ2) is 7.50. The minimum absolute atomic E-state index is 0.141. The molecule has 10 heteroatoms. The third-order valence-electron chi connectivity index (χ3n) is 5.01. The summed E-state index contributed by atoms with van der Waals surface area (Å²) < 4.78 is 27.1. The number of amides is 1. The van der Waals surface area contributed by atoms with E-state index in [1.807, 2.05) is 0 Å². The average Bonchev–Trinajstić information content (AvgIpc) is 3.34. The van der Waals surface area contributed by atoms with Gasteiger partial charge in [-0.25, -0.2) is 13.4 Å². The summed E-state index contributed by atoms with van der Waals surface area (Å²) in [4.78, 5) is 19.6. The Morgan fingerprint density at radius 2 is 2.07 bits per heavy atom. The lowest BCUT2D eigenvalue weighted by Gasteiger charge is -2.25. The van der Waals surface area contributed by atoms with Crippen molar-refractivity contribution in [3.8, 4) is 6.19 Å². The number of nitrogens with zero attached hydrogens (tertiary/aromatic N) is 4. The molecule has 1 saturated heterocycles. The largest absolute Gasteiger partial charge is 0.310 e. The lowest BCUT2D eigenvalue weighted by molar-refractivity contribution is -0.119. The predicted octanol–water partition coefficient (Wildman–Crippen LogP) is 1.63. The topological polar surface area (TPSA) is 106 Å². The Kier molecular flexibility index (Phi) is 5.05. The van der Waals surface area contributed by atoms with Crippen LogP contribution in [-0.4, -0.2) is 48.1 Å². The fourth-order valence-electron chi connectivity index (χ4n) is 3.44. The van der Waals surface area contributed by atoms with Gasteiger partial charge in [0.1, 0.15) is 0 Å². The van der Waals surface area contributed by atoms with Gasteiger partial charge in [-0.05, 0) is 18.6 Å². The quantitative estimate of drug-likeness (QED) is 0.758. The molecule has 28 heavy (non-hydrogen) atoms. The van der Waals surface area contributed by atoms with E-state index in [0.717, 1.165) is 10.6 Å². The number of rotatable bonds is 4. The highest BCUT2D eigenvalue weighted by Gasteiger charge is 2.32. The van der Waals surface area contributed by atoms with Crippen molar-refractivity contribution in [3.63, 3.8) is 0 Å². The first kappa shape index (κ1) is 18.9. The van der Waals surface area contributed by atoms with Crippen LogP contribution < -0.4 is 5.32 Å². The number of carbonyl (C=O) groups excluding carboxylic acids is 1. The number of likely N-dealkylation sites (tertiary alicyclic amines) is 1. The Bertz CT molecular complexity index is 1030. The Balaban J connectivity index is 1.45. The predicted molar refractivity (Wildman–Crippen MR) is 104 cm³/mol. The summed E-state index contributed by atoms with van der Waals surface area (Å²) in [5.41, 5.74) is 0.838. The molecule has 8 nitrogen and oxygen atoms in total. The first-order valence-electron chi connectivity index (χ1n) is 8.96. The number of aromatic nitrogens is 1. The smallest absolute Gasteiger partial charge is 0.243 e. The Hall–Kier alpha value is -2.48. The highest BCUT2D eigenvalue weighted by atomic mass is 32.2. The van der Waals surface area contributed by atoms with Gasteiger partial charge in [-0.3, -0.25) is 4.79 Å². The van der Waals surface area contributed by atoms with Crippen LogP contribution in [0.2, 0.25) is 0 Å². The van der Waals surface area contributed by atoms with Crippen molar-refractivity contribution in [2.45, 2.75) is 24.3 Å². The number of fused-ring (bicyclic) bond motifs is 1. The summed E-state index contributed by atoms with van der Waals surface area (Å²) in [6.07, 6.45) is 3.22. The summed E-state index contributed by atoms with van der Waals surface area (Å²) in [5.74, 6) is -0.367. The van der Waals surface area contributed by atoms with Crippen molar-refractivity contribution >= 4 is 32.4 Å². The van der Waals surface area contributed by atoms with Crippen LogP contribution in [0.5, 0.6) is 0 Å². The fraction of sp³-hybridized carbons (Fsp3) is 0.389. The van der Waals surface area contributed by atoms with E-state index in [0.29, 0.717) is 37.6 Å². The molecule has 146 valence electrons. The van der Waals surface area contributed by atoms with E-state index in [4.69, 9.17) is 5.26 Å². The summed E-state index contributed by atoms with van der Waals surface area (Å²) in [6.45, 7) is 1.64. The van der Waals surface area contributed by atoms with Gasteiger partial charge in [0.25, 0.3) is 0 Å². The van der Waals surface area contributed by atoms with Crippen LogP contribution in [-0.2, 0) is 27.8 Å². The SMILES string of the molecule is N#CN1CCC(C(=O)Nc2nc3c(s2)CN(S(=O)(=O)c2ccccc2)CC3)C1. The number of nitrogens with one attached hydrogen (secondary N) is 1. The number of sulfonamides is 1. The molecular weight excluding hydrogens is 398 g/mol. The number of carbonyl (C=O) groups is 1. The van der Waals surface area contributed by atoms with Crippen molar-refractivity contribution in [2.75, 3.05) is 25.0 Å². The molecule has 0 radical (unpaired) electrons. The maximum atomic E-state index is 12.8. The Labute approximate surface area is 167 Å². The molecule has 1 amide bonds. The Morgan fingerprint density at radius 3 is 2.79 bits per heavy atom. The third-order valence-corrected chi connectivity index (χ3v) is 7.87. The van der Waals surface area contributed by atoms with Gasteiger partial charge in [-0.1, -0.05) is 18.2 Å². The van der Waals surface area contributed by atoms with E-state index in [-0.39, 0.29) is 23.3 Å². The lowest BCUT2D eigenvalue weighted by atomic mass is 10.1. The molecule has 2 aromatic rings. The fourth-order valence-corrected chi connectivity index (χ4v) is 5.98. The van der Waals surface area contributed by atoms with Crippen LogP contribution in [0.1, 0.15) is 17.0 Å². The second-order valence-electron chi connectivity index (χ2n) is 6.81. The molecule has 0 aliphatic carbocycles. The monoisotopic (exact) mass is 417 g/mol. The van der Waals surface area contributed by atoms with Crippen LogP contribution >= 0.6 is 11.3 Å². The molecule has 1 aromatic heterocycles. The van der Waals surface area contributed by atoms with Crippen molar-refractivity contribution < 1.29 is 13.2 Å². The number of benzene rings is 1. The van der Waals surface area contributed by atoms with Gasteiger partial charge < -0.3 is 10.2 Å². The highest BCUT2D eigenvalue weighted by Crippen LogP contribution is 2.31. The number of anilines is 1. The number of hydrogen-bond donors (Lipinski definition) is 1. The van der Waals surface area contributed by atoms with Gasteiger partial charge in [-0.15, -0.1) is 11.3 Å². The van der Waals surface area contributed by atoms with Crippen molar-refractivity contribution in [2.24, 2.45) is 5.92 Å². The van der Waals surface area contributed by atoms with Crippen LogP contribution in [0, 0.1) is 17.4 Å². The molecule has 2 aliphatic rings. The van der Waals surface area contributed by atoms with Gasteiger partial charge in [0.2, 0.25) is 15.9 Å². The molecule has 1 fully saturated rings. The zero-order valence-corrected chi connectivity index (χ0v) is 16.7. The van der Waals surface area contributed by atoms with Crippen molar-refractivity contribution in [1.82, 2.24) is 14.2 Å². The van der Waals surface area contributed by atoms with E-state index >= 15 is 0 Å². The van der Waals surface area contributed by atoms with E-state index in [1.165, 1.54) is 15.6 Å². The molecule has 1 N–H and O–H groups in total. The van der Waals surface area contributed by atoms with E-state index in [9.17, 15) is 13.2 Å². The standard InChI is InChI=1S/C18H19N5O3S2/c19-12-22-8-6-13(10-22)17(24)21-18-20-15-7-9-23(11-16(15)27-18)28(25,26)14-4-2-1-3-5-14/h1-5,13H,6-11H2,(H,20,21,24). The normalized spacial score (nSPS) is 19.8. The van der Waals surface area contributed by atoms with Gasteiger partial charge in [0.15, 0.2) is 11.3 Å². The highest BCUT2D eigenvalue weighted by molar-refractivity contribution is 7.89. The zero-order valence-electron chi connectivity index (χ0n) is 15.0. The average molecular weight is 418 g/mol. The molecule has 4 rings (SSSR count). The maximum Gasteiger partial charge on any atom is 0.243 e. The van der Waals surface area contributed by atoms with Crippen molar-refractivity contribution in [1.29, 1.82) is 5.26 Å². The number of hydrogen-bond acceptors (Lipinski definition) is 7. The first-order chi connectivity index (χ1) is 13.5. The summed E-state index contributed by atoms with van der Waals surface area (Å²) in [6, 6.07) is 8.38. The summed E-state index contributed by atoms with van der Waals surface area (Å²) in [7, 11) is -3.55. The molecule has 0 spiro atoms. The van der Waals surface area contributed by atoms with Crippen molar-refractivity contribution in [3.05, 3.63) is 40.9 Å². The van der Waals surface area contributed by atoms with Crippen LogP contribution in [0.4, 0.5) is 5.13 Å². The minimum Gasteiger partial charge on any atom is -0.310 e. The van der Waals surface area contributed by atoms with E-state index in [1.54, 1.807) is 35.2 Å². The third kappa shape index (κ3) is 3.61. The van der Waals surface area contributed by atoms with E-state index < -0.39 is 10.0 Å². The minimum atomic E-state index is -3.55. The molecule has 2 aliphatic heterocycles. The number of nitriles is 1. The maximum absolute atomic E-state index is 12.8. The summed E-state index contributed by atoms with van der Waals surface area (Å²) in [5, 5.41) is 12.2. The molecule has 0 saturated carbocycles. The van der Waals surface area contributed by atoms with Gasteiger partial charge >= 0.3 is 0 Å². The molecule has 1 atom stereocenters. The lowest BCUT2D eigenvalue weighted by Crippen LogP contribution is -2.35. The molecule has 1 aromatic carbocycles. The summed E-state index contributed by atoms with van der Waals surface area (Å²) >= 11 is 1.32. The van der Waals surface area contributed by atoms with Gasteiger partial charge in [-0.2, -0.15) is 9.57 Å². The number of thiazole rings is 1. The van der Waals surface area contributed by atoms with Crippen LogP contribution in [0.15, 0.2) is 35.2 Å². The molecular formula is C18H19N5O3S2. The zero-order chi connectivity index (χ0) is 19.7. The molecule has 1 unspecified atom stereocenters. The molecule has 0 bridgehead atoms. The van der Waals surface area contributed by atoms with Crippen LogP contribution in [0.25, 0.3) is 0 Å². The Morgan fingerprint density at radius 1 is 1.29 bits per heavy atom. The van der Waals surface area contributed by atoms with Gasteiger partial charge in [0.05, 0.1) is 23.1 Å². The first-order valence-corrected chi connectivity index (χ1v) is 11.2. The van der Waals surface area contributed by atoms with E-state index in [2.05, 4.69) is 16.5 Å². The van der Waals surface area contributed by atoms with Gasteiger partial charge in [0, 0.05) is 30.9 Å². The second-order valence-corrected chi connectivity index (χ2v) is 9.83. The van der Waals surface area contributed by atoms with Crippen LogP contribution in [0.3, 0.4) is 0 Å². The molecule has 3 heterocycles.